The molecule has 0 radical (unpaired) electrons. The van der Waals surface area contributed by atoms with Crippen LogP contribution >= 0.6 is 23.1 Å². The number of halogens is 2. The van der Waals surface area contributed by atoms with Crippen molar-refractivity contribution in [3.05, 3.63) is 76.3 Å². The van der Waals surface area contributed by atoms with Gasteiger partial charge in [-0.3, -0.25) is 4.79 Å². The molecule has 156 valence electrons. The summed E-state index contributed by atoms with van der Waals surface area (Å²) in [7, 11) is 0. The molecule has 2 heterocycles. The monoisotopic (exact) mass is 444 g/mol. The van der Waals surface area contributed by atoms with Gasteiger partial charge in [-0.05, 0) is 41.8 Å². The third-order valence-electron chi connectivity index (χ3n) is 5.12. The van der Waals surface area contributed by atoms with Gasteiger partial charge in [0.25, 0.3) is 0 Å². The van der Waals surface area contributed by atoms with Crippen LogP contribution in [0.3, 0.4) is 0 Å². The smallest absolute Gasteiger partial charge is 0.227 e. The van der Waals surface area contributed by atoms with Gasteiger partial charge in [0.15, 0.2) is 0 Å². The number of aromatic nitrogens is 2. The normalized spacial score (nSPS) is 14.6. The number of anilines is 1. The first kappa shape index (κ1) is 20.8. The number of carbonyl (C=O) groups excluding carboxylic acids is 1. The summed E-state index contributed by atoms with van der Waals surface area (Å²) in [6.07, 6.45) is 1.84. The van der Waals surface area contributed by atoms with E-state index in [1.807, 2.05) is 29.2 Å². The molecule has 0 saturated carbocycles. The molecule has 1 aliphatic heterocycles. The molecule has 1 saturated heterocycles. The summed E-state index contributed by atoms with van der Waals surface area (Å²) in [6.45, 7) is 2.93. The van der Waals surface area contributed by atoms with Gasteiger partial charge in [0.1, 0.15) is 11.6 Å². The summed E-state index contributed by atoms with van der Waals surface area (Å²) in [5.74, 6) is 0.582. The van der Waals surface area contributed by atoms with Gasteiger partial charge in [0.2, 0.25) is 11.0 Å². The van der Waals surface area contributed by atoms with Gasteiger partial charge < -0.3 is 9.80 Å². The van der Waals surface area contributed by atoms with E-state index in [0.29, 0.717) is 31.0 Å². The summed E-state index contributed by atoms with van der Waals surface area (Å²) in [5.41, 5.74) is 1.95. The molecule has 0 N–H and O–H groups in total. The van der Waals surface area contributed by atoms with Crippen molar-refractivity contribution >= 4 is 34.2 Å². The second-order valence-electron chi connectivity index (χ2n) is 7.32. The van der Waals surface area contributed by atoms with Crippen LogP contribution in [0.1, 0.15) is 23.4 Å². The second-order valence-corrected chi connectivity index (χ2v) is 8.49. The molecule has 5 nitrogen and oxygen atoms in total. The van der Waals surface area contributed by atoms with Gasteiger partial charge in [-0.1, -0.05) is 35.9 Å². The summed E-state index contributed by atoms with van der Waals surface area (Å²) in [4.78, 5) is 21.4. The number of nitrogens with zero attached hydrogens (tertiary/aromatic N) is 4. The van der Waals surface area contributed by atoms with Gasteiger partial charge in [0, 0.05) is 49.2 Å². The lowest BCUT2D eigenvalue weighted by Crippen LogP contribution is -2.36. The fourth-order valence-corrected chi connectivity index (χ4v) is 4.34. The molecule has 8 heteroatoms. The lowest BCUT2D eigenvalue weighted by molar-refractivity contribution is -0.130. The number of rotatable bonds is 5. The average Bonchev–Trinajstić information content (AvgIpc) is 3.06. The van der Waals surface area contributed by atoms with Crippen molar-refractivity contribution in [3.8, 4) is 0 Å². The van der Waals surface area contributed by atoms with Gasteiger partial charge in [-0.15, -0.1) is 0 Å². The lowest BCUT2D eigenvalue weighted by atomic mass is 10.1. The molecule has 1 amide bonds. The van der Waals surface area contributed by atoms with Gasteiger partial charge in [0.05, 0.1) is 6.42 Å². The van der Waals surface area contributed by atoms with E-state index in [9.17, 15) is 9.18 Å². The minimum Gasteiger partial charge on any atom is -0.345 e. The van der Waals surface area contributed by atoms with Crippen LogP contribution in [-0.2, 0) is 17.6 Å². The van der Waals surface area contributed by atoms with E-state index in [0.717, 1.165) is 41.6 Å². The predicted molar refractivity (Wildman–Crippen MR) is 118 cm³/mol. The van der Waals surface area contributed by atoms with Crippen molar-refractivity contribution in [3.63, 3.8) is 0 Å². The Hall–Kier alpha value is -2.51. The van der Waals surface area contributed by atoms with E-state index in [1.165, 1.54) is 23.7 Å². The second kappa shape index (κ2) is 9.53. The average molecular weight is 445 g/mol. The molecule has 0 spiro atoms. The van der Waals surface area contributed by atoms with Crippen LogP contribution in [0, 0.1) is 5.82 Å². The molecule has 1 aliphatic rings. The molecule has 4 rings (SSSR count). The zero-order valence-electron chi connectivity index (χ0n) is 16.4. The van der Waals surface area contributed by atoms with Crippen LogP contribution in [0.2, 0.25) is 5.02 Å². The maximum absolute atomic E-state index is 13.1. The van der Waals surface area contributed by atoms with Crippen molar-refractivity contribution in [2.24, 2.45) is 0 Å². The molecule has 2 aromatic carbocycles. The van der Waals surface area contributed by atoms with Crippen LogP contribution in [-0.4, -0.2) is 46.3 Å². The van der Waals surface area contributed by atoms with E-state index in [1.54, 1.807) is 12.1 Å². The topological polar surface area (TPSA) is 49.3 Å². The van der Waals surface area contributed by atoms with E-state index in [4.69, 9.17) is 16.6 Å². The number of benzene rings is 2. The minimum absolute atomic E-state index is 0.0733. The summed E-state index contributed by atoms with van der Waals surface area (Å²) >= 11 is 7.34. The molecule has 0 aliphatic carbocycles. The Morgan fingerprint density at radius 2 is 1.73 bits per heavy atom. The van der Waals surface area contributed by atoms with Crippen LogP contribution in [0.15, 0.2) is 48.5 Å². The predicted octanol–water partition coefficient (Wildman–Crippen LogP) is 4.20. The Bertz CT molecular complexity index is 993. The first-order valence-corrected chi connectivity index (χ1v) is 11.1. The van der Waals surface area contributed by atoms with Crippen molar-refractivity contribution < 1.29 is 9.18 Å². The number of carbonyl (C=O) groups is 1. The van der Waals surface area contributed by atoms with Crippen LogP contribution in [0.25, 0.3) is 0 Å². The number of amides is 1. The summed E-state index contributed by atoms with van der Waals surface area (Å²) in [6, 6.07) is 13.8. The van der Waals surface area contributed by atoms with Gasteiger partial charge in [-0.25, -0.2) is 9.37 Å². The van der Waals surface area contributed by atoms with Crippen LogP contribution < -0.4 is 4.90 Å². The first-order chi connectivity index (χ1) is 14.6. The van der Waals surface area contributed by atoms with E-state index < -0.39 is 0 Å². The molecular weight excluding hydrogens is 423 g/mol. The molecule has 0 atom stereocenters. The minimum atomic E-state index is -0.288. The fraction of sp³-hybridized carbons (Fsp3) is 0.318. The Labute approximate surface area is 184 Å². The molecule has 0 unspecified atom stereocenters. The van der Waals surface area contributed by atoms with Crippen molar-refractivity contribution in [2.75, 3.05) is 31.1 Å². The van der Waals surface area contributed by atoms with Crippen molar-refractivity contribution in [1.29, 1.82) is 0 Å². The Balaban J connectivity index is 1.33. The van der Waals surface area contributed by atoms with E-state index >= 15 is 0 Å². The quantitative estimate of drug-likeness (QED) is 0.591. The SMILES string of the molecule is O=C(Cc1ccc(F)cc1)N1CCCN(c2nc(Cc3ccc(Cl)cc3)ns2)CC1. The Morgan fingerprint density at radius 3 is 2.50 bits per heavy atom. The molecule has 3 aromatic rings. The number of hydrogen-bond donors (Lipinski definition) is 0. The summed E-state index contributed by atoms with van der Waals surface area (Å²) in [5, 5.41) is 1.61. The lowest BCUT2D eigenvalue weighted by Gasteiger charge is -2.21. The largest absolute Gasteiger partial charge is 0.345 e. The van der Waals surface area contributed by atoms with Gasteiger partial charge in [-0.2, -0.15) is 4.37 Å². The molecule has 1 fully saturated rings. The zero-order chi connectivity index (χ0) is 20.9. The maximum Gasteiger partial charge on any atom is 0.227 e. The standard InChI is InChI=1S/C22H22ClFN4OS/c23-18-6-2-16(3-7-18)14-20-25-22(30-26-20)28-11-1-10-27(12-13-28)21(29)15-17-4-8-19(24)9-5-17/h2-9H,1,10-15H2. The third kappa shape index (κ3) is 5.34. The van der Waals surface area contributed by atoms with E-state index in [2.05, 4.69) is 9.27 Å². The third-order valence-corrected chi connectivity index (χ3v) is 6.19. The Kier molecular flexibility index (Phi) is 6.59. The van der Waals surface area contributed by atoms with Crippen LogP contribution in [0.4, 0.5) is 9.52 Å². The van der Waals surface area contributed by atoms with E-state index in [-0.39, 0.29) is 11.7 Å². The maximum atomic E-state index is 13.1. The first-order valence-electron chi connectivity index (χ1n) is 9.91. The van der Waals surface area contributed by atoms with Crippen molar-refractivity contribution in [2.45, 2.75) is 19.3 Å². The molecular formula is C22H22ClFN4OS. The Morgan fingerprint density at radius 1 is 1.00 bits per heavy atom. The highest BCUT2D eigenvalue weighted by atomic mass is 35.5. The molecule has 30 heavy (non-hydrogen) atoms. The highest BCUT2D eigenvalue weighted by molar-refractivity contribution is 7.09. The number of hydrogen-bond acceptors (Lipinski definition) is 5. The zero-order valence-corrected chi connectivity index (χ0v) is 18.0. The highest BCUT2D eigenvalue weighted by Crippen LogP contribution is 2.21. The van der Waals surface area contributed by atoms with Gasteiger partial charge >= 0.3 is 0 Å². The fourth-order valence-electron chi connectivity index (χ4n) is 3.48. The van der Waals surface area contributed by atoms with Crippen molar-refractivity contribution in [1.82, 2.24) is 14.3 Å². The highest BCUT2D eigenvalue weighted by Gasteiger charge is 2.21. The van der Waals surface area contributed by atoms with Crippen LogP contribution in [0.5, 0.6) is 0 Å². The molecule has 0 bridgehead atoms. The summed E-state index contributed by atoms with van der Waals surface area (Å²) < 4.78 is 17.6. The molecule has 1 aromatic heterocycles.